The summed E-state index contributed by atoms with van der Waals surface area (Å²) in [5.41, 5.74) is 0. The molecule has 1 aromatic rings. The zero-order chi connectivity index (χ0) is 15.5. The number of hydrogen-bond donors (Lipinski definition) is 1. The second-order valence-corrected chi connectivity index (χ2v) is 9.35. The number of anilines is 1. The molecule has 2 rings (SSSR count). The molecular weight excluding hydrogens is 306 g/mol. The van der Waals surface area contributed by atoms with Gasteiger partial charge in [0.1, 0.15) is 10.7 Å². The number of thioether (sulfide) groups is 1. The molecule has 0 spiro atoms. The highest BCUT2D eigenvalue weighted by Gasteiger charge is 2.32. The van der Waals surface area contributed by atoms with E-state index in [0.717, 1.165) is 12.2 Å². The van der Waals surface area contributed by atoms with E-state index in [2.05, 4.69) is 24.1 Å². The topological polar surface area (TPSA) is 62.3 Å². The first-order valence-electron chi connectivity index (χ1n) is 7.20. The normalized spacial score (nSPS) is 20.0. The molecule has 1 aromatic heterocycles. The van der Waals surface area contributed by atoms with Gasteiger partial charge in [0, 0.05) is 36.3 Å². The Labute approximate surface area is 131 Å². The predicted octanol–water partition coefficient (Wildman–Crippen LogP) is 2.42. The van der Waals surface area contributed by atoms with Gasteiger partial charge in [0.2, 0.25) is 10.0 Å². The summed E-state index contributed by atoms with van der Waals surface area (Å²) in [6.07, 6.45) is 2.46. The van der Waals surface area contributed by atoms with E-state index in [1.165, 1.54) is 0 Å². The molecule has 1 N–H and O–H groups in total. The van der Waals surface area contributed by atoms with Gasteiger partial charge < -0.3 is 5.32 Å². The van der Waals surface area contributed by atoms with Crippen molar-refractivity contribution in [3.05, 3.63) is 18.3 Å². The van der Waals surface area contributed by atoms with Crippen molar-refractivity contribution in [1.82, 2.24) is 9.29 Å². The molecular formula is C14H23N3O2S2. The summed E-state index contributed by atoms with van der Waals surface area (Å²) in [5, 5.41) is 3.03. The molecule has 1 fully saturated rings. The third-order valence-electron chi connectivity index (χ3n) is 3.53. The van der Waals surface area contributed by atoms with Crippen LogP contribution in [-0.4, -0.2) is 47.8 Å². The Kier molecular flexibility index (Phi) is 5.16. The van der Waals surface area contributed by atoms with Crippen LogP contribution >= 0.6 is 11.8 Å². The molecule has 0 unspecified atom stereocenters. The van der Waals surface area contributed by atoms with Crippen molar-refractivity contribution in [3.8, 4) is 0 Å². The second kappa shape index (κ2) is 6.54. The third kappa shape index (κ3) is 3.90. The largest absolute Gasteiger partial charge is 0.369 e. The Bertz CT molecular complexity index is 588. The maximum atomic E-state index is 12.9. The maximum absolute atomic E-state index is 12.9. The van der Waals surface area contributed by atoms with Crippen LogP contribution in [0.1, 0.15) is 27.2 Å². The van der Waals surface area contributed by atoms with Gasteiger partial charge in [0.15, 0.2) is 0 Å². The fourth-order valence-electron chi connectivity index (χ4n) is 2.28. The number of sulfonamides is 1. The van der Waals surface area contributed by atoms with Crippen molar-refractivity contribution in [2.24, 2.45) is 0 Å². The lowest BCUT2D eigenvalue weighted by atomic mass is 10.1. The van der Waals surface area contributed by atoms with Gasteiger partial charge in [-0.15, -0.1) is 0 Å². The molecule has 0 bridgehead atoms. The first kappa shape index (κ1) is 16.6. The summed E-state index contributed by atoms with van der Waals surface area (Å²) < 4.78 is 27.5. The van der Waals surface area contributed by atoms with E-state index in [4.69, 9.17) is 0 Å². The molecule has 0 atom stereocenters. The lowest BCUT2D eigenvalue weighted by Gasteiger charge is -2.23. The molecule has 0 saturated carbocycles. The minimum atomic E-state index is -3.49. The van der Waals surface area contributed by atoms with Gasteiger partial charge in [-0.1, -0.05) is 13.8 Å². The van der Waals surface area contributed by atoms with E-state index in [0.29, 0.717) is 25.5 Å². The van der Waals surface area contributed by atoms with Crippen molar-refractivity contribution in [1.29, 1.82) is 0 Å². The average molecular weight is 329 g/mol. The lowest BCUT2D eigenvalue weighted by Crippen LogP contribution is -2.34. The van der Waals surface area contributed by atoms with Crippen LogP contribution in [0.2, 0.25) is 0 Å². The second-order valence-electron chi connectivity index (χ2n) is 5.64. The minimum absolute atomic E-state index is 0.129. The monoisotopic (exact) mass is 329 g/mol. The van der Waals surface area contributed by atoms with E-state index in [1.54, 1.807) is 22.6 Å². The highest BCUT2D eigenvalue weighted by atomic mass is 32.2. The summed E-state index contributed by atoms with van der Waals surface area (Å²) in [5.74, 6) is 1.26. The SMILES string of the molecule is CCNc1ncccc1S(=O)(=O)N1CCSC(C)(C)CC1. The Morgan fingerprint density at radius 2 is 2.19 bits per heavy atom. The first-order chi connectivity index (χ1) is 9.87. The molecule has 0 radical (unpaired) electrons. The summed E-state index contributed by atoms with van der Waals surface area (Å²) >= 11 is 1.83. The standard InChI is InChI=1S/C14H23N3O2S2/c1-4-15-13-12(6-5-8-16-13)21(18,19)17-9-7-14(2,3)20-11-10-17/h5-6,8H,4,7,9-11H2,1-3H3,(H,15,16). The van der Waals surface area contributed by atoms with Crippen LogP contribution < -0.4 is 5.32 Å². The fraction of sp³-hybridized carbons (Fsp3) is 0.643. The summed E-state index contributed by atoms with van der Waals surface area (Å²) in [4.78, 5) is 4.43. The number of pyridine rings is 1. The van der Waals surface area contributed by atoms with Crippen LogP contribution in [0.4, 0.5) is 5.82 Å². The number of hydrogen-bond acceptors (Lipinski definition) is 5. The average Bonchev–Trinajstić information content (AvgIpc) is 2.61. The quantitative estimate of drug-likeness (QED) is 0.919. The molecule has 1 aliphatic heterocycles. The first-order valence-corrected chi connectivity index (χ1v) is 9.62. The predicted molar refractivity (Wildman–Crippen MR) is 88.3 cm³/mol. The molecule has 21 heavy (non-hydrogen) atoms. The van der Waals surface area contributed by atoms with E-state index < -0.39 is 10.0 Å². The van der Waals surface area contributed by atoms with Crippen LogP contribution in [0.15, 0.2) is 23.2 Å². The smallest absolute Gasteiger partial charge is 0.246 e. The van der Waals surface area contributed by atoms with E-state index >= 15 is 0 Å². The van der Waals surface area contributed by atoms with Gasteiger partial charge in [-0.05, 0) is 25.5 Å². The van der Waals surface area contributed by atoms with Gasteiger partial charge in [-0.25, -0.2) is 13.4 Å². The maximum Gasteiger partial charge on any atom is 0.246 e. The number of aromatic nitrogens is 1. The molecule has 118 valence electrons. The van der Waals surface area contributed by atoms with Gasteiger partial charge in [-0.2, -0.15) is 16.1 Å². The van der Waals surface area contributed by atoms with Crippen molar-refractivity contribution in [3.63, 3.8) is 0 Å². The molecule has 1 saturated heterocycles. The molecule has 7 heteroatoms. The Hall–Kier alpha value is -0.790. The van der Waals surface area contributed by atoms with Crippen molar-refractivity contribution in [2.45, 2.75) is 36.8 Å². The van der Waals surface area contributed by atoms with E-state index in [-0.39, 0.29) is 9.64 Å². The van der Waals surface area contributed by atoms with Crippen LogP contribution in [0.3, 0.4) is 0 Å². The Balaban J connectivity index is 2.30. The highest BCUT2D eigenvalue weighted by Crippen LogP contribution is 2.33. The molecule has 0 aromatic carbocycles. The Morgan fingerprint density at radius 1 is 1.43 bits per heavy atom. The molecule has 2 heterocycles. The number of rotatable bonds is 4. The van der Waals surface area contributed by atoms with Gasteiger partial charge in [-0.3, -0.25) is 0 Å². The summed E-state index contributed by atoms with van der Waals surface area (Å²) in [6.45, 7) is 8.02. The van der Waals surface area contributed by atoms with Gasteiger partial charge in [0.25, 0.3) is 0 Å². The molecule has 0 aliphatic carbocycles. The molecule has 0 amide bonds. The van der Waals surface area contributed by atoms with Crippen LogP contribution in [0.25, 0.3) is 0 Å². The van der Waals surface area contributed by atoms with Crippen LogP contribution in [-0.2, 0) is 10.0 Å². The van der Waals surface area contributed by atoms with E-state index in [9.17, 15) is 8.42 Å². The van der Waals surface area contributed by atoms with Crippen LogP contribution in [0.5, 0.6) is 0 Å². The summed E-state index contributed by atoms with van der Waals surface area (Å²) in [6, 6.07) is 3.30. The van der Waals surface area contributed by atoms with Crippen molar-refractivity contribution in [2.75, 3.05) is 30.7 Å². The number of nitrogens with one attached hydrogen (secondary N) is 1. The van der Waals surface area contributed by atoms with Gasteiger partial charge in [0.05, 0.1) is 0 Å². The Morgan fingerprint density at radius 3 is 2.90 bits per heavy atom. The number of nitrogens with zero attached hydrogens (tertiary/aromatic N) is 2. The fourth-order valence-corrected chi connectivity index (χ4v) is 5.06. The van der Waals surface area contributed by atoms with Crippen LogP contribution in [0, 0.1) is 0 Å². The highest BCUT2D eigenvalue weighted by molar-refractivity contribution is 8.00. The lowest BCUT2D eigenvalue weighted by molar-refractivity contribution is 0.415. The molecule has 1 aliphatic rings. The van der Waals surface area contributed by atoms with Crippen molar-refractivity contribution >= 4 is 27.6 Å². The van der Waals surface area contributed by atoms with E-state index in [1.807, 2.05) is 18.7 Å². The van der Waals surface area contributed by atoms with Gasteiger partial charge >= 0.3 is 0 Å². The third-order valence-corrected chi connectivity index (χ3v) is 6.83. The zero-order valence-corrected chi connectivity index (χ0v) is 14.4. The summed E-state index contributed by atoms with van der Waals surface area (Å²) in [7, 11) is -3.49. The van der Waals surface area contributed by atoms with Crippen molar-refractivity contribution < 1.29 is 8.42 Å². The molecule has 5 nitrogen and oxygen atoms in total. The minimum Gasteiger partial charge on any atom is -0.369 e. The zero-order valence-electron chi connectivity index (χ0n) is 12.8.